The lowest BCUT2D eigenvalue weighted by Crippen LogP contribution is -2.49. The van der Waals surface area contributed by atoms with Gasteiger partial charge in [-0.2, -0.15) is 0 Å². The number of carbonyl (C=O) groups excluding carboxylic acids is 1. The van der Waals surface area contributed by atoms with Gasteiger partial charge in [-0.3, -0.25) is 9.69 Å². The summed E-state index contributed by atoms with van der Waals surface area (Å²) < 4.78 is 5.26. The molecular weight excluding hydrogens is 280 g/mol. The molecule has 0 radical (unpaired) electrons. The van der Waals surface area contributed by atoms with Gasteiger partial charge in [0.1, 0.15) is 6.04 Å². The van der Waals surface area contributed by atoms with Gasteiger partial charge in [-0.25, -0.2) is 0 Å². The molecule has 0 aromatic heterocycles. The zero-order chi connectivity index (χ0) is 16.0. The fraction of sp³-hybridized carbons (Fsp3) is 0.588. The van der Waals surface area contributed by atoms with Crippen molar-refractivity contribution in [1.29, 1.82) is 0 Å². The Hall–Kier alpha value is -1.43. The Morgan fingerprint density at radius 3 is 2.59 bits per heavy atom. The maximum Gasteiger partial charge on any atom is 0.242 e. The predicted octanol–water partition coefficient (Wildman–Crippen LogP) is 1.34. The highest BCUT2D eigenvalue weighted by atomic mass is 16.5. The van der Waals surface area contributed by atoms with E-state index in [0.717, 1.165) is 12.1 Å². The number of carbonyl (C=O) groups is 1. The maximum absolute atomic E-state index is 12.6. The molecular formula is C17H26N2O3. The molecule has 0 saturated carbocycles. The highest BCUT2D eigenvalue weighted by Crippen LogP contribution is 2.22. The summed E-state index contributed by atoms with van der Waals surface area (Å²) in [6.45, 7) is 4.16. The van der Waals surface area contributed by atoms with E-state index in [1.54, 1.807) is 0 Å². The molecule has 1 amide bonds. The minimum Gasteiger partial charge on any atom is -0.388 e. The largest absolute Gasteiger partial charge is 0.388 e. The van der Waals surface area contributed by atoms with Crippen LogP contribution in [0.3, 0.4) is 0 Å². The van der Waals surface area contributed by atoms with Crippen LogP contribution in [0.4, 0.5) is 0 Å². The second-order valence-electron chi connectivity index (χ2n) is 5.94. The van der Waals surface area contributed by atoms with Gasteiger partial charge in [-0.1, -0.05) is 37.3 Å². The lowest BCUT2D eigenvalue weighted by Gasteiger charge is -2.33. The lowest BCUT2D eigenvalue weighted by molar-refractivity contribution is -0.129. The molecule has 122 valence electrons. The van der Waals surface area contributed by atoms with Gasteiger partial charge in [0, 0.05) is 32.6 Å². The fourth-order valence-electron chi connectivity index (χ4n) is 2.70. The summed E-state index contributed by atoms with van der Waals surface area (Å²) >= 11 is 0. The first-order chi connectivity index (χ1) is 10.6. The van der Waals surface area contributed by atoms with E-state index in [4.69, 9.17) is 4.74 Å². The number of aliphatic hydroxyl groups is 1. The van der Waals surface area contributed by atoms with Crippen molar-refractivity contribution in [3.05, 3.63) is 35.9 Å². The van der Waals surface area contributed by atoms with Crippen LogP contribution in [0.25, 0.3) is 0 Å². The highest BCUT2D eigenvalue weighted by molar-refractivity contribution is 5.83. The van der Waals surface area contributed by atoms with E-state index in [9.17, 15) is 9.90 Å². The van der Waals surface area contributed by atoms with Crippen LogP contribution >= 0.6 is 0 Å². The third-order valence-electron chi connectivity index (χ3n) is 4.32. The molecule has 0 bridgehead atoms. The van der Waals surface area contributed by atoms with Gasteiger partial charge in [0.25, 0.3) is 0 Å². The second-order valence-corrected chi connectivity index (χ2v) is 5.94. The van der Waals surface area contributed by atoms with E-state index in [-0.39, 0.29) is 18.5 Å². The smallest absolute Gasteiger partial charge is 0.242 e. The number of hydrogen-bond donors (Lipinski definition) is 2. The van der Waals surface area contributed by atoms with E-state index in [1.807, 2.05) is 49.2 Å². The quantitative estimate of drug-likeness (QED) is 0.832. The second kappa shape index (κ2) is 7.72. The predicted molar refractivity (Wildman–Crippen MR) is 85.5 cm³/mol. The zero-order valence-corrected chi connectivity index (χ0v) is 13.4. The minimum absolute atomic E-state index is 0.0736. The Morgan fingerprint density at radius 1 is 1.36 bits per heavy atom. The summed E-state index contributed by atoms with van der Waals surface area (Å²) in [6.07, 6.45) is 1.12. The van der Waals surface area contributed by atoms with Crippen LogP contribution in [0.1, 0.15) is 31.4 Å². The van der Waals surface area contributed by atoms with Gasteiger partial charge in [-0.15, -0.1) is 0 Å². The molecule has 5 nitrogen and oxygen atoms in total. The van der Waals surface area contributed by atoms with Crippen molar-refractivity contribution >= 4 is 5.91 Å². The van der Waals surface area contributed by atoms with E-state index >= 15 is 0 Å². The minimum atomic E-state index is -0.847. The van der Waals surface area contributed by atoms with Crippen molar-refractivity contribution in [1.82, 2.24) is 10.2 Å². The van der Waals surface area contributed by atoms with Gasteiger partial charge in [0.15, 0.2) is 0 Å². The summed E-state index contributed by atoms with van der Waals surface area (Å²) in [5, 5.41) is 13.4. The Labute approximate surface area is 132 Å². The summed E-state index contributed by atoms with van der Waals surface area (Å²) in [5.74, 6) is -0.0736. The molecule has 1 heterocycles. The van der Waals surface area contributed by atoms with Crippen LogP contribution in [-0.2, 0) is 9.53 Å². The molecule has 0 spiro atoms. The maximum atomic E-state index is 12.6. The van der Waals surface area contributed by atoms with Crippen molar-refractivity contribution in [2.75, 3.05) is 33.4 Å². The van der Waals surface area contributed by atoms with E-state index in [1.165, 1.54) is 0 Å². The number of nitrogens with one attached hydrogen (secondary N) is 1. The highest BCUT2D eigenvalue weighted by Gasteiger charge is 2.32. The molecule has 2 rings (SSSR count). The molecule has 1 unspecified atom stereocenters. The third-order valence-corrected chi connectivity index (χ3v) is 4.32. The van der Waals surface area contributed by atoms with Gasteiger partial charge >= 0.3 is 0 Å². The third kappa shape index (κ3) is 4.29. The summed E-state index contributed by atoms with van der Waals surface area (Å²) in [6, 6.07) is 9.39. The Kier molecular flexibility index (Phi) is 5.94. The summed E-state index contributed by atoms with van der Waals surface area (Å²) in [5.41, 5.74) is 0.114. The number of likely N-dealkylation sites (N-methyl/N-ethyl adjacent to an activating group) is 1. The number of hydrogen-bond acceptors (Lipinski definition) is 4. The summed E-state index contributed by atoms with van der Waals surface area (Å²) in [7, 11) is 1.93. The van der Waals surface area contributed by atoms with Crippen LogP contribution in [0.5, 0.6) is 0 Å². The SMILES string of the molecule is CCN(C)C(C(=O)NCC1(O)CCOCC1)c1ccccc1. The molecule has 5 heteroatoms. The van der Waals surface area contributed by atoms with Crippen LogP contribution in [0, 0.1) is 0 Å². The van der Waals surface area contributed by atoms with Gasteiger partial charge in [-0.05, 0) is 19.2 Å². The average Bonchev–Trinajstić information content (AvgIpc) is 2.55. The van der Waals surface area contributed by atoms with Crippen molar-refractivity contribution in [2.45, 2.75) is 31.4 Å². The molecule has 1 saturated heterocycles. The Morgan fingerprint density at radius 2 is 2.00 bits per heavy atom. The molecule has 1 aromatic rings. The van der Waals surface area contributed by atoms with E-state index < -0.39 is 5.60 Å². The molecule has 1 aromatic carbocycles. The van der Waals surface area contributed by atoms with Crippen LogP contribution in [-0.4, -0.2) is 54.9 Å². The first-order valence-electron chi connectivity index (χ1n) is 7.89. The van der Waals surface area contributed by atoms with Crippen LogP contribution in [0.15, 0.2) is 30.3 Å². The zero-order valence-electron chi connectivity index (χ0n) is 13.4. The molecule has 1 fully saturated rings. The molecule has 1 aliphatic rings. The number of ether oxygens (including phenoxy) is 1. The lowest BCUT2D eigenvalue weighted by atomic mass is 9.94. The Bertz CT molecular complexity index is 472. The first-order valence-corrected chi connectivity index (χ1v) is 7.89. The van der Waals surface area contributed by atoms with Gasteiger partial charge < -0.3 is 15.2 Å². The Balaban J connectivity index is 2.03. The number of nitrogens with zero attached hydrogens (tertiary/aromatic N) is 1. The van der Waals surface area contributed by atoms with Crippen molar-refractivity contribution in [3.8, 4) is 0 Å². The average molecular weight is 306 g/mol. The van der Waals surface area contributed by atoms with Crippen molar-refractivity contribution in [2.24, 2.45) is 0 Å². The molecule has 1 aliphatic heterocycles. The van der Waals surface area contributed by atoms with E-state index in [0.29, 0.717) is 26.1 Å². The standard InChI is InChI=1S/C17H26N2O3/c1-3-19(2)15(14-7-5-4-6-8-14)16(20)18-13-17(21)9-11-22-12-10-17/h4-8,15,21H,3,9-13H2,1-2H3,(H,18,20). The van der Waals surface area contributed by atoms with Crippen LogP contribution in [0.2, 0.25) is 0 Å². The molecule has 0 aliphatic carbocycles. The van der Waals surface area contributed by atoms with Gasteiger partial charge in [0.2, 0.25) is 5.91 Å². The first kappa shape index (κ1) is 16.9. The van der Waals surface area contributed by atoms with Crippen LogP contribution < -0.4 is 5.32 Å². The van der Waals surface area contributed by atoms with Gasteiger partial charge in [0.05, 0.1) is 5.60 Å². The number of rotatable bonds is 6. The number of benzene rings is 1. The fourth-order valence-corrected chi connectivity index (χ4v) is 2.70. The van der Waals surface area contributed by atoms with E-state index in [2.05, 4.69) is 5.32 Å². The molecule has 2 N–H and O–H groups in total. The topological polar surface area (TPSA) is 61.8 Å². The van der Waals surface area contributed by atoms with Crippen molar-refractivity contribution in [3.63, 3.8) is 0 Å². The normalized spacial score (nSPS) is 18.9. The summed E-state index contributed by atoms with van der Waals surface area (Å²) in [4.78, 5) is 14.6. The molecule has 1 atom stereocenters. The monoisotopic (exact) mass is 306 g/mol. The molecule has 22 heavy (non-hydrogen) atoms. The number of amides is 1. The van der Waals surface area contributed by atoms with Crippen molar-refractivity contribution < 1.29 is 14.6 Å².